The summed E-state index contributed by atoms with van der Waals surface area (Å²) in [5.41, 5.74) is 2.32. The molecule has 2 aromatic rings. The predicted molar refractivity (Wildman–Crippen MR) is 85.8 cm³/mol. The van der Waals surface area contributed by atoms with Crippen LogP contribution in [0.2, 0.25) is 5.02 Å². The minimum atomic E-state index is -0.197. The number of hydrogen-bond donors (Lipinski definition) is 1. The summed E-state index contributed by atoms with van der Waals surface area (Å²) < 4.78 is 19.2. The number of benzene rings is 2. The largest absolute Gasteiger partial charge is 0.492 e. The first kappa shape index (κ1) is 15.6. The number of aryl methyl sites for hydroxylation is 1. The van der Waals surface area contributed by atoms with Gasteiger partial charge in [-0.2, -0.15) is 0 Å². The van der Waals surface area contributed by atoms with E-state index in [9.17, 15) is 4.39 Å². The molecular weight excluding hydrogens is 289 g/mol. The van der Waals surface area contributed by atoms with E-state index >= 15 is 0 Å². The molecule has 0 saturated heterocycles. The monoisotopic (exact) mass is 307 g/mol. The Morgan fingerprint density at radius 1 is 1.24 bits per heavy atom. The van der Waals surface area contributed by atoms with Crippen LogP contribution in [0.15, 0.2) is 36.4 Å². The van der Waals surface area contributed by atoms with E-state index in [1.54, 1.807) is 25.1 Å². The SMILES string of the molecule is CCOc1ccc(Cl)cc1NC(C)c1ccc(C)c(F)c1. The van der Waals surface area contributed by atoms with Crippen molar-refractivity contribution in [2.24, 2.45) is 0 Å². The predicted octanol–water partition coefficient (Wildman–Crippen LogP) is 5.36. The summed E-state index contributed by atoms with van der Waals surface area (Å²) in [6.45, 7) is 6.23. The summed E-state index contributed by atoms with van der Waals surface area (Å²) in [5.74, 6) is 0.540. The molecule has 0 aliphatic carbocycles. The lowest BCUT2D eigenvalue weighted by molar-refractivity contribution is 0.341. The molecule has 0 amide bonds. The summed E-state index contributed by atoms with van der Waals surface area (Å²) in [6, 6.07) is 10.6. The van der Waals surface area contributed by atoms with E-state index in [0.717, 1.165) is 17.0 Å². The molecule has 0 heterocycles. The zero-order chi connectivity index (χ0) is 15.4. The van der Waals surface area contributed by atoms with Crippen LogP contribution < -0.4 is 10.1 Å². The molecule has 0 aliphatic heterocycles. The number of hydrogen-bond acceptors (Lipinski definition) is 2. The topological polar surface area (TPSA) is 21.3 Å². The van der Waals surface area contributed by atoms with Crippen LogP contribution in [0.5, 0.6) is 5.75 Å². The molecule has 0 bridgehead atoms. The van der Waals surface area contributed by atoms with E-state index < -0.39 is 0 Å². The molecule has 4 heteroatoms. The molecule has 0 radical (unpaired) electrons. The first-order valence-electron chi connectivity index (χ1n) is 6.96. The third kappa shape index (κ3) is 3.88. The average molecular weight is 308 g/mol. The van der Waals surface area contributed by atoms with Gasteiger partial charge in [-0.1, -0.05) is 23.7 Å². The zero-order valence-corrected chi connectivity index (χ0v) is 13.2. The highest BCUT2D eigenvalue weighted by atomic mass is 35.5. The van der Waals surface area contributed by atoms with Gasteiger partial charge < -0.3 is 10.1 Å². The van der Waals surface area contributed by atoms with Gasteiger partial charge in [-0.3, -0.25) is 0 Å². The lowest BCUT2D eigenvalue weighted by atomic mass is 10.1. The molecule has 0 fully saturated rings. The molecule has 2 nitrogen and oxygen atoms in total. The van der Waals surface area contributed by atoms with Gasteiger partial charge in [0.1, 0.15) is 11.6 Å². The van der Waals surface area contributed by atoms with Gasteiger partial charge in [0.2, 0.25) is 0 Å². The maximum Gasteiger partial charge on any atom is 0.142 e. The maximum atomic E-state index is 13.7. The maximum absolute atomic E-state index is 13.7. The summed E-state index contributed by atoms with van der Waals surface area (Å²) in [4.78, 5) is 0. The quantitative estimate of drug-likeness (QED) is 0.803. The first-order valence-corrected chi connectivity index (χ1v) is 7.34. The van der Waals surface area contributed by atoms with Gasteiger partial charge in [0.15, 0.2) is 0 Å². The Hall–Kier alpha value is -1.74. The number of halogens is 2. The highest BCUT2D eigenvalue weighted by Gasteiger charge is 2.11. The highest BCUT2D eigenvalue weighted by molar-refractivity contribution is 6.30. The Bertz CT molecular complexity index is 630. The summed E-state index contributed by atoms with van der Waals surface area (Å²) in [6.07, 6.45) is 0. The summed E-state index contributed by atoms with van der Waals surface area (Å²) in [5, 5.41) is 3.95. The van der Waals surface area contributed by atoms with E-state index in [4.69, 9.17) is 16.3 Å². The molecule has 2 rings (SSSR count). The van der Waals surface area contributed by atoms with Gasteiger partial charge in [0.25, 0.3) is 0 Å². The second kappa shape index (κ2) is 6.81. The van der Waals surface area contributed by atoms with Crippen LogP contribution >= 0.6 is 11.6 Å². The van der Waals surface area contributed by atoms with Crippen molar-refractivity contribution in [1.82, 2.24) is 0 Å². The molecule has 0 aromatic heterocycles. The van der Waals surface area contributed by atoms with Crippen molar-refractivity contribution in [3.8, 4) is 5.75 Å². The van der Waals surface area contributed by atoms with E-state index in [-0.39, 0.29) is 11.9 Å². The van der Waals surface area contributed by atoms with E-state index in [0.29, 0.717) is 17.2 Å². The Kier molecular flexibility index (Phi) is 5.07. The highest BCUT2D eigenvalue weighted by Crippen LogP contribution is 2.31. The van der Waals surface area contributed by atoms with Crippen molar-refractivity contribution < 1.29 is 9.13 Å². The molecular formula is C17H19ClFNO. The van der Waals surface area contributed by atoms with Crippen LogP contribution in [0.1, 0.15) is 31.0 Å². The number of anilines is 1. The van der Waals surface area contributed by atoms with Crippen molar-refractivity contribution in [3.63, 3.8) is 0 Å². The minimum absolute atomic E-state index is 0.0576. The van der Waals surface area contributed by atoms with Gasteiger partial charge in [-0.05, 0) is 56.2 Å². The van der Waals surface area contributed by atoms with Crippen LogP contribution in [0.4, 0.5) is 10.1 Å². The Morgan fingerprint density at radius 3 is 2.67 bits per heavy atom. The Labute approximate surface area is 129 Å². The molecule has 0 saturated carbocycles. The smallest absolute Gasteiger partial charge is 0.142 e. The first-order chi connectivity index (χ1) is 10.0. The van der Waals surface area contributed by atoms with Gasteiger partial charge in [-0.25, -0.2) is 4.39 Å². The van der Waals surface area contributed by atoms with E-state index in [1.807, 2.05) is 32.0 Å². The van der Waals surface area contributed by atoms with Crippen LogP contribution in [-0.2, 0) is 0 Å². The Balaban J connectivity index is 2.24. The average Bonchev–Trinajstić information content (AvgIpc) is 2.45. The van der Waals surface area contributed by atoms with E-state index in [2.05, 4.69) is 5.32 Å². The molecule has 1 unspecified atom stereocenters. The van der Waals surface area contributed by atoms with Gasteiger partial charge in [0.05, 0.1) is 12.3 Å². The number of ether oxygens (including phenoxy) is 1. The fraction of sp³-hybridized carbons (Fsp3) is 0.294. The summed E-state index contributed by atoms with van der Waals surface area (Å²) >= 11 is 6.04. The van der Waals surface area contributed by atoms with Gasteiger partial charge >= 0.3 is 0 Å². The molecule has 21 heavy (non-hydrogen) atoms. The lowest BCUT2D eigenvalue weighted by Gasteiger charge is -2.19. The Morgan fingerprint density at radius 2 is 2.00 bits per heavy atom. The fourth-order valence-electron chi connectivity index (χ4n) is 2.09. The normalized spacial score (nSPS) is 12.0. The molecule has 112 valence electrons. The number of rotatable bonds is 5. The molecule has 0 spiro atoms. The van der Waals surface area contributed by atoms with Crippen molar-refractivity contribution in [3.05, 3.63) is 58.4 Å². The van der Waals surface area contributed by atoms with Crippen LogP contribution in [0, 0.1) is 12.7 Å². The van der Waals surface area contributed by atoms with Crippen molar-refractivity contribution in [2.75, 3.05) is 11.9 Å². The zero-order valence-electron chi connectivity index (χ0n) is 12.4. The fourth-order valence-corrected chi connectivity index (χ4v) is 2.26. The standard InChI is InChI=1S/C17H19ClFNO/c1-4-21-17-8-7-14(18)10-16(17)20-12(3)13-6-5-11(2)15(19)9-13/h5-10,12,20H,4H2,1-3H3. The molecule has 2 aromatic carbocycles. The second-order valence-corrected chi connectivity index (χ2v) is 5.38. The van der Waals surface area contributed by atoms with Crippen molar-refractivity contribution in [1.29, 1.82) is 0 Å². The van der Waals surface area contributed by atoms with Crippen LogP contribution in [-0.4, -0.2) is 6.61 Å². The molecule has 1 atom stereocenters. The van der Waals surface area contributed by atoms with Crippen molar-refractivity contribution in [2.45, 2.75) is 26.8 Å². The van der Waals surface area contributed by atoms with Gasteiger partial charge in [0, 0.05) is 11.1 Å². The second-order valence-electron chi connectivity index (χ2n) is 4.95. The molecule has 1 N–H and O–H groups in total. The summed E-state index contributed by atoms with van der Waals surface area (Å²) in [7, 11) is 0. The number of nitrogens with one attached hydrogen (secondary N) is 1. The third-order valence-corrected chi connectivity index (χ3v) is 3.54. The lowest BCUT2D eigenvalue weighted by Crippen LogP contribution is -2.09. The van der Waals surface area contributed by atoms with Crippen molar-refractivity contribution >= 4 is 17.3 Å². The van der Waals surface area contributed by atoms with Gasteiger partial charge in [-0.15, -0.1) is 0 Å². The third-order valence-electron chi connectivity index (χ3n) is 3.31. The molecule has 0 aliphatic rings. The van der Waals surface area contributed by atoms with Crippen LogP contribution in [0.3, 0.4) is 0 Å². The minimum Gasteiger partial charge on any atom is -0.492 e. The van der Waals surface area contributed by atoms with Crippen LogP contribution in [0.25, 0.3) is 0 Å². The van der Waals surface area contributed by atoms with E-state index in [1.165, 1.54) is 0 Å².